The molecule has 1 aliphatic carbocycles. The molecular formula is C23H31FN4O4S. The fourth-order valence-electron chi connectivity index (χ4n) is 4.65. The molecule has 0 atom stereocenters. The van der Waals surface area contributed by atoms with Crippen LogP contribution in [-0.4, -0.2) is 61.0 Å². The van der Waals surface area contributed by atoms with Gasteiger partial charge in [0, 0.05) is 26.2 Å². The highest BCUT2D eigenvalue weighted by molar-refractivity contribution is 7.88. The zero-order chi connectivity index (χ0) is 23.6. The van der Waals surface area contributed by atoms with Crippen LogP contribution >= 0.6 is 0 Å². The van der Waals surface area contributed by atoms with Gasteiger partial charge in [-0.25, -0.2) is 12.8 Å². The van der Waals surface area contributed by atoms with Gasteiger partial charge < -0.3 is 9.64 Å². The van der Waals surface area contributed by atoms with Crippen molar-refractivity contribution in [1.29, 1.82) is 0 Å². The molecule has 33 heavy (non-hydrogen) atoms. The number of hydrogen-bond donors (Lipinski definition) is 0. The Balaban J connectivity index is 1.67. The molecule has 0 bridgehead atoms. The standard InChI is InChI=1S/C23H31FN4O4S/c1-3-17-8-10-18(11-9-17)32-22-21(26-12-14-27(15-13-26)33(2,30)31)16-25-28(23(22)29)20-7-5-4-6-19(20)24/h4-7,16-18H,3,8-15H2,1-2H3. The van der Waals surface area contributed by atoms with Crippen LogP contribution in [0.1, 0.15) is 39.0 Å². The van der Waals surface area contributed by atoms with Crippen LogP contribution in [0.2, 0.25) is 0 Å². The fourth-order valence-corrected chi connectivity index (χ4v) is 5.47. The van der Waals surface area contributed by atoms with E-state index in [-0.39, 0.29) is 17.5 Å². The van der Waals surface area contributed by atoms with Crippen LogP contribution < -0.4 is 15.2 Å². The highest BCUT2D eigenvalue weighted by atomic mass is 32.2. The van der Waals surface area contributed by atoms with Crippen LogP contribution in [0.3, 0.4) is 0 Å². The van der Waals surface area contributed by atoms with Crippen LogP contribution in [0.15, 0.2) is 35.3 Å². The maximum Gasteiger partial charge on any atom is 0.316 e. The summed E-state index contributed by atoms with van der Waals surface area (Å²) in [6.45, 7) is 3.65. The molecular weight excluding hydrogens is 447 g/mol. The summed E-state index contributed by atoms with van der Waals surface area (Å²) in [5.41, 5.74) is 0.0783. The molecule has 1 aliphatic heterocycles. The largest absolute Gasteiger partial charge is 0.483 e. The van der Waals surface area contributed by atoms with Gasteiger partial charge in [0.25, 0.3) is 0 Å². The lowest BCUT2D eigenvalue weighted by Gasteiger charge is -2.36. The normalized spacial score (nSPS) is 22.3. The van der Waals surface area contributed by atoms with Gasteiger partial charge in [-0.3, -0.25) is 4.79 Å². The van der Waals surface area contributed by atoms with Gasteiger partial charge in [0.1, 0.15) is 17.2 Å². The van der Waals surface area contributed by atoms with Gasteiger partial charge in [-0.05, 0) is 43.7 Å². The maximum absolute atomic E-state index is 14.4. The summed E-state index contributed by atoms with van der Waals surface area (Å²) in [5.74, 6) is 0.290. The maximum atomic E-state index is 14.4. The minimum atomic E-state index is -3.28. The first-order chi connectivity index (χ1) is 15.8. The summed E-state index contributed by atoms with van der Waals surface area (Å²) in [6.07, 6.45) is 7.60. The third kappa shape index (κ3) is 5.22. The molecule has 0 N–H and O–H groups in total. The van der Waals surface area contributed by atoms with Gasteiger partial charge >= 0.3 is 5.56 Å². The minimum Gasteiger partial charge on any atom is -0.483 e. The van der Waals surface area contributed by atoms with Crippen molar-refractivity contribution in [2.75, 3.05) is 37.3 Å². The molecule has 0 amide bonds. The molecule has 1 aromatic carbocycles. The topological polar surface area (TPSA) is 84.7 Å². The predicted molar refractivity (Wildman–Crippen MR) is 125 cm³/mol. The highest BCUT2D eigenvalue weighted by Crippen LogP contribution is 2.32. The van der Waals surface area contributed by atoms with Crippen molar-refractivity contribution in [2.45, 2.75) is 45.1 Å². The van der Waals surface area contributed by atoms with Crippen LogP contribution in [-0.2, 0) is 10.0 Å². The van der Waals surface area contributed by atoms with E-state index >= 15 is 0 Å². The van der Waals surface area contributed by atoms with Crippen molar-refractivity contribution >= 4 is 15.7 Å². The number of rotatable bonds is 6. The Bertz CT molecular complexity index is 1140. The van der Waals surface area contributed by atoms with Gasteiger partial charge in [-0.1, -0.05) is 25.5 Å². The molecule has 0 spiro atoms. The van der Waals surface area contributed by atoms with Crippen LogP contribution in [0, 0.1) is 11.7 Å². The SMILES string of the molecule is CCC1CCC(Oc2c(N3CCN(S(C)(=O)=O)CC3)cnn(-c3ccccc3F)c2=O)CC1. The lowest BCUT2D eigenvalue weighted by molar-refractivity contribution is 0.128. The molecule has 2 heterocycles. The molecule has 4 rings (SSSR count). The summed E-state index contributed by atoms with van der Waals surface area (Å²) in [4.78, 5) is 15.4. The van der Waals surface area contributed by atoms with E-state index in [1.807, 2.05) is 4.90 Å². The molecule has 180 valence electrons. The third-order valence-electron chi connectivity index (χ3n) is 6.70. The molecule has 1 aromatic heterocycles. The summed E-state index contributed by atoms with van der Waals surface area (Å²) in [6, 6.07) is 6.00. The van der Waals surface area contributed by atoms with Crippen molar-refractivity contribution in [3.8, 4) is 11.4 Å². The lowest BCUT2D eigenvalue weighted by Crippen LogP contribution is -2.49. The van der Waals surface area contributed by atoms with Crippen LogP contribution in [0.5, 0.6) is 5.75 Å². The van der Waals surface area contributed by atoms with Crippen LogP contribution in [0.25, 0.3) is 5.69 Å². The smallest absolute Gasteiger partial charge is 0.316 e. The number of benzene rings is 1. The molecule has 8 nitrogen and oxygen atoms in total. The molecule has 10 heteroatoms. The molecule has 1 saturated carbocycles. The van der Waals surface area contributed by atoms with Crippen molar-refractivity contribution in [3.63, 3.8) is 0 Å². The van der Waals surface area contributed by atoms with Gasteiger partial charge in [0.05, 0.1) is 18.6 Å². The van der Waals surface area contributed by atoms with E-state index in [2.05, 4.69) is 12.0 Å². The first kappa shape index (κ1) is 23.7. The number of anilines is 1. The van der Waals surface area contributed by atoms with E-state index in [0.29, 0.717) is 37.8 Å². The number of ether oxygens (including phenoxy) is 1. The molecule has 2 aromatic rings. The highest BCUT2D eigenvalue weighted by Gasteiger charge is 2.29. The Hall–Kier alpha value is -2.46. The average Bonchev–Trinajstić information content (AvgIpc) is 2.81. The Morgan fingerprint density at radius 3 is 2.33 bits per heavy atom. The van der Waals surface area contributed by atoms with Gasteiger partial charge in [0.15, 0.2) is 0 Å². The van der Waals surface area contributed by atoms with Crippen molar-refractivity contribution in [3.05, 3.63) is 46.6 Å². The molecule has 1 saturated heterocycles. The second-order valence-electron chi connectivity index (χ2n) is 8.85. The van der Waals surface area contributed by atoms with Crippen molar-refractivity contribution < 1.29 is 17.5 Å². The van der Waals surface area contributed by atoms with Gasteiger partial charge in [-0.2, -0.15) is 14.1 Å². The summed E-state index contributed by atoms with van der Waals surface area (Å²) in [5, 5.41) is 4.24. The zero-order valence-corrected chi connectivity index (χ0v) is 19.9. The quantitative estimate of drug-likeness (QED) is 0.635. The van der Waals surface area contributed by atoms with E-state index < -0.39 is 21.4 Å². The Kier molecular flexibility index (Phi) is 7.04. The second kappa shape index (κ2) is 9.80. The third-order valence-corrected chi connectivity index (χ3v) is 8.00. The lowest BCUT2D eigenvalue weighted by atomic mass is 9.86. The molecule has 0 radical (unpaired) electrons. The molecule has 0 unspecified atom stereocenters. The van der Waals surface area contributed by atoms with Crippen molar-refractivity contribution in [2.24, 2.45) is 5.92 Å². The zero-order valence-electron chi connectivity index (χ0n) is 19.1. The minimum absolute atomic E-state index is 0.0653. The van der Waals surface area contributed by atoms with Crippen LogP contribution in [0.4, 0.5) is 10.1 Å². The Morgan fingerprint density at radius 2 is 1.73 bits per heavy atom. The first-order valence-corrected chi connectivity index (χ1v) is 13.4. The first-order valence-electron chi connectivity index (χ1n) is 11.5. The Labute approximate surface area is 194 Å². The number of hydrogen-bond acceptors (Lipinski definition) is 6. The molecule has 2 aliphatic rings. The second-order valence-corrected chi connectivity index (χ2v) is 10.8. The van der Waals surface area contributed by atoms with E-state index in [9.17, 15) is 17.6 Å². The van der Waals surface area contributed by atoms with Gasteiger partial charge in [-0.15, -0.1) is 0 Å². The fraction of sp³-hybridized carbons (Fsp3) is 0.565. The number of piperazine rings is 1. The van der Waals surface area contributed by atoms with Crippen molar-refractivity contribution in [1.82, 2.24) is 14.1 Å². The van der Waals surface area contributed by atoms with E-state index in [0.717, 1.165) is 36.8 Å². The average molecular weight is 479 g/mol. The number of sulfonamides is 1. The predicted octanol–water partition coefficient (Wildman–Crippen LogP) is 2.80. The number of para-hydroxylation sites is 1. The summed E-state index contributed by atoms with van der Waals surface area (Å²) < 4.78 is 46.9. The van der Waals surface area contributed by atoms with E-state index in [4.69, 9.17) is 4.74 Å². The molecule has 2 fully saturated rings. The summed E-state index contributed by atoms with van der Waals surface area (Å²) >= 11 is 0. The number of nitrogens with zero attached hydrogens (tertiary/aromatic N) is 4. The van der Waals surface area contributed by atoms with E-state index in [1.54, 1.807) is 12.1 Å². The monoisotopic (exact) mass is 478 g/mol. The number of halogens is 1. The number of aromatic nitrogens is 2. The van der Waals surface area contributed by atoms with Gasteiger partial charge in [0.2, 0.25) is 15.8 Å². The Morgan fingerprint density at radius 1 is 1.06 bits per heavy atom. The van der Waals surface area contributed by atoms with E-state index in [1.165, 1.54) is 28.9 Å². The summed E-state index contributed by atoms with van der Waals surface area (Å²) in [7, 11) is -3.28.